The first-order valence-electron chi connectivity index (χ1n) is 12.6. The van der Waals surface area contributed by atoms with Gasteiger partial charge >= 0.3 is 0 Å². The number of ether oxygens (including phenoxy) is 1. The highest BCUT2D eigenvalue weighted by atomic mass is 16.5. The highest BCUT2D eigenvalue weighted by Gasteiger charge is 2.28. The maximum Gasteiger partial charge on any atom is 0.257 e. The zero-order valence-electron chi connectivity index (χ0n) is 20.8. The van der Waals surface area contributed by atoms with E-state index in [0.29, 0.717) is 17.9 Å². The first-order valence-corrected chi connectivity index (χ1v) is 12.6. The summed E-state index contributed by atoms with van der Waals surface area (Å²) < 4.78 is 7.93. The van der Waals surface area contributed by atoms with Crippen LogP contribution < -0.4 is 20.7 Å². The number of rotatable bonds is 2. The van der Waals surface area contributed by atoms with E-state index < -0.39 is 0 Å². The number of hydrogen-bond donors (Lipinski definition) is 2. The second-order valence-corrected chi connectivity index (χ2v) is 9.66. The van der Waals surface area contributed by atoms with Gasteiger partial charge in [-0.2, -0.15) is 9.61 Å². The molecule has 3 aromatic rings. The van der Waals surface area contributed by atoms with Gasteiger partial charge in [-0.15, -0.1) is 0 Å². The molecule has 0 radical (unpaired) electrons. The van der Waals surface area contributed by atoms with Gasteiger partial charge in [0.05, 0.1) is 23.9 Å². The zero-order chi connectivity index (χ0) is 24.5. The summed E-state index contributed by atoms with van der Waals surface area (Å²) in [6.07, 6.45) is 3.49. The van der Waals surface area contributed by atoms with Gasteiger partial charge in [0.15, 0.2) is 5.65 Å². The van der Waals surface area contributed by atoms with Gasteiger partial charge in [-0.25, -0.2) is 4.98 Å². The summed E-state index contributed by atoms with van der Waals surface area (Å²) in [4.78, 5) is 22.6. The number of nitrogens with one attached hydrogen (secondary N) is 1. The molecule has 9 nitrogen and oxygen atoms in total. The zero-order valence-corrected chi connectivity index (χ0v) is 20.8. The van der Waals surface area contributed by atoms with Gasteiger partial charge in [0.1, 0.15) is 17.4 Å². The number of benzene rings is 1. The lowest BCUT2D eigenvalue weighted by Crippen LogP contribution is -2.31. The van der Waals surface area contributed by atoms with E-state index in [-0.39, 0.29) is 18.0 Å². The predicted molar refractivity (Wildman–Crippen MR) is 137 cm³/mol. The van der Waals surface area contributed by atoms with Gasteiger partial charge in [0.25, 0.3) is 5.91 Å². The van der Waals surface area contributed by atoms with E-state index in [9.17, 15) is 4.79 Å². The van der Waals surface area contributed by atoms with Crippen LogP contribution in [0.3, 0.4) is 0 Å². The summed E-state index contributed by atoms with van der Waals surface area (Å²) in [7, 11) is 1.84. The molecular formula is C26H35N7O2. The van der Waals surface area contributed by atoms with E-state index in [2.05, 4.69) is 23.2 Å². The molecular weight excluding hydrogens is 442 g/mol. The minimum absolute atomic E-state index is 0.0690. The van der Waals surface area contributed by atoms with Crippen molar-refractivity contribution in [1.29, 1.82) is 0 Å². The molecule has 3 N–H and O–H groups in total. The average Bonchev–Trinajstić information content (AvgIpc) is 3.47. The molecule has 5 rings (SSSR count). The summed E-state index contributed by atoms with van der Waals surface area (Å²) in [5.41, 5.74) is 9.37. The lowest BCUT2D eigenvalue weighted by molar-refractivity contribution is 0.0718. The quantitative estimate of drug-likeness (QED) is 0.583. The van der Waals surface area contributed by atoms with E-state index in [1.165, 1.54) is 0 Å². The van der Waals surface area contributed by atoms with Crippen molar-refractivity contribution in [2.24, 2.45) is 5.73 Å². The largest absolute Gasteiger partial charge is 0.493 e. The van der Waals surface area contributed by atoms with Crippen LogP contribution in [-0.4, -0.2) is 64.7 Å². The lowest BCUT2D eigenvalue weighted by atomic mass is 10.1. The molecule has 4 heterocycles. The number of carbonyl (C=O) groups is 1. The minimum Gasteiger partial charge on any atom is -0.493 e. The Bertz CT molecular complexity index is 1220. The molecule has 1 amide bonds. The van der Waals surface area contributed by atoms with Crippen molar-refractivity contribution in [3.63, 3.8) is 0 Å². The normalized spacial score (nSPS) is 21.4. The molecule has 2 aromatic heterocycles. The number of nitrogens with two attached hydrogens (primary N) is 1. The Hall–Kier alpha value is -3.33. The van der Waals surface area contributed by atoms with Crippen LogP contribution in [0.25, 0.3) is 5.65 Å². The maximum atomic E-state index is 13.6. The van der Waals surface area contributed by atoms with Crippen LogP contribution in [0.2, 0.25) is 0 Å². The first kappa shape index (κ1) is 23.4. The third kappa shape index (κ3) is 4.65. The van der Waals surface area contributed by atoms with Gasteiger partial charge in [-0.05, 0) is 44.7 Å². The molecule has 2 aliphatic rings. The number of carbonyl (C=O) groups excluding carboxylic acids is 1. The highest BCUT2D eigenvalue weighted by molar-refractivity contribution is 5.97. The average molecular weight is 478 g/mol. The third-order valence-corrected chi connectivity index (χ3v) is 7.00. The monoisotopic (exact) mass is 477 g/mol. The van der Waals surface area contributed by atoms with Gasteiger partial charge in [-0.1, -0.05) is 18.6 Å². The molecule has 2 aliphatic heterocycles. The van der Waals surface area contributed by atoms with Crippen molar-refractivity contribution >= 4 is 23.2 Å². The molecule has 186 valence electrons. The van der Waals surface area contributed by atoms with E-state index in [1.807, 2.05) is 42.8 Å². The summed E-state index contributed by atoms with van der Waals surface area (Å²) in [5, 5.41) is 8.48. The summed E-state index contributed by atoms with van der Waals surface area (Å²) >= 11 is 0. The van der Waals surface area contributed by atoms with Crippen molar-refractivity contribution in [2.75, 3.05) is 43.5 Å². The Morgan fingerprint density at radius 3 is 2.86 bits per heavy atom. The van der Waals surface area contributed by atoms with Crippen molar-refractivity contribution in [3.8, 4) is 5.75 Å². The van der Waals surface area contributed by atoms with Gasteiger partial charge in [0, 0.05) is 44.9 Å². The van der Waals surface area contributed by atoms with Crippen LogP contribution in [-0.2, 0) is 0 Å². The van der Waals surface area contributed by atoms with Gasteiger partial charge < -0.3 is 25.6 Å². The summed E-state index contributed by atoms with van der Waals surface area (Å²) in [6.45, 7) is 7.11. The Balaban J connectivity index is 1.57. The van der Waals surface area contributed by atoms with E-state index >= 15 is 0 Å². The maximum absolute atomic E-state index is 13.6. The molecule has 0 aliphatic carbocycles. The number of amides is 1. The van der Waals surface area contributed by atoms with Crippen LogP contribution in [0.1, 0.15) is 60.3 Å². The second kappa shape index (κ2) is 9.73. The predicted octanol–water partition coefficient (Wildman–Crippen LogP) is 3.38. The molecule has 35 heavy (non-hydrogen) atoms. The molecule has 2 atom stereocenters. The number of anilines is 2. The number of aromatic nitrogens is 3. The molecule has 1 fully saturated rings. The summed E-state index contributed by atoms with van der Waals surface area (Å²) in [6, 6.07) is 9.84. The SMILES string of the molecule is CCC1c2cc3nc(N4CC[C@H](N)C4)cc(n3n2)NCCCCOc2ccc(C)cc2C(=O)N1C. The molecule has 2 bridgehead atoms. The molecule has 1 unspecified atom stereocenters. The summed E-state index contributed by atoms with van der Waals surface area (Å²) in [5.74, 6) is 2.37. The van der Waals surface area contributed by atoms with E-state index in [1.54, 1.807) is 4.90 Å². The van der Waals surface area contributed by atoms with Crippen LogP contribution in [0.15, 0.2) is 30.3 Å². The van der Waals surface area contributed by atoms with Crippen molar-refractivity contribution in [1.82, 2.24) is 19.5 Å². The topological polar surface area (TPSA) is 101 Å². The van der Waals surface area contributed by atoms with Crippen LogP contribution in [0, 0.1) is 6.92 Å². The van der Waals surface area contributed by atoms with Crippen molar-refractivity contribution in [2.45, 2.75) is 51.6 Å². The highest BCUT2D eigenvalue weighted by Crippen LogP contribution is 2.30. The number of hydrogen-bond acceptors (Lipinski definition) is 7. The number of nitrogens with zero attached hydrogens (tertiary/aromatic N) is 5. The number of fused-ring (bicyclic) bond motifs is 2. The smallest absolute Gasteiger partial charge is 0.257 e. The fourth-order valence-corrected chi connectivity index (χ4v) is 5.00. The Labute approximate surface area is 206 Å². The van der Waals surface area contributed by atoms with Crippen molar-refractivity contribution in [3.05, 3.63) is 47.2 Å². The Morgan fingerprint density at radius 1 is 1.23 bits per heavy atom. The van der Waals surface area contributed by atoms with Crippen LogP contribution in [0.4, 0.5) is 11.6 Å². The van der Waals surface area contributed by atoms with Crippen LogP contribution in [0.5, 0.6) is 5.75 Å². The van der Waals surface area contributed by atoms with E-state index in [4.69, 9.17) is 20.6 Å². The second-order valence-electron chi connectivity index (χ2n) is 9.66. The Morgan fingerprint density at radius 2 is 2.09 bits per heavy atom. The minimum atomic E-state index is -0.195. The molecule has 1 saturated heterocycles. The fraction of sp³-hybridized carbons (Fsp3) is 0.500. The third-order valence-electron chi connectivity index (χ3n) is 7.00. The van der Waals surface area contributed by atoms with E-state index in [0.717, 1.165) is 73.9 Å². The van der Waals surface area contributed by atoms with Crippen molar-refractivity contribution < 1.29 is 9.53 Å². The lowest BCUT2D eigenvalue weighted by Gasteiger charge is -2.27. The standard InChI is InChI=1S/C26H35N7O2/c1-4-21-20-14-25-29-24(32-11-9-18(27)16-32)15-23(33(25)30-20)28-10-5-6-12-35-22-8-7-17(2)13-19(22)26(34)31(21)3/h7-8,13-15,18,21,28H,4-6,9-12,16,27H2,1-3H3/t18-,21?/m0/s1. The molecule has 0 saturated carbocycles. The van der Waals surface area contributed by atoms with Gasteiger partial charge in [0.2, 0.25) is 0 Å². The fourth-order valence-electron chi connectivity index (χ4n) is 5.00. The molecule has 9 heteroatoms. The number of aryl methyl sites for hydroxylation is 1. The van der Waals surface area contributed by atoms with Gasteiger partial charge in [-0.3, -0.25) is 4.79 Å². The van der Waals surface area contributed by atoms with Crippen LogP contribution >= 0.6 is 0 Å². The first-order chi connectivity index (χ1) is 16.9. The molecule has 1 aromatic carbocycles. The molecule has 0 spiro atoms. The Kier molecular flexibility index (Phi) is 6.51.